The van der Waals surface area contributed by atoms with Gasteiger partial charge >= 0.3 is 0 Å². The standard InChI is InChI=1S/C24H34N4O2.HI/c1-19-10-11-23(29-19)22(27-14-6-7-15-27)18-26-24(25-2)28-16-12-21(13-17-28)30-20-8-4-3-5-9-20;/h3-5,8-11,21-22H,6-7,12-18H2,1-2H3,(H,25,26);1H. The summed E-state index contributed by atoms with van der Waals surface area (Å²) in [4.78, 5) is 9.43. The van der Waals surface area contributed by atoms with E-state index in [1.165, 1.54) is 12.8 Å². The third-order valence-corrected chi connectivity index (χ3v) is 6.12. The predicted octanol–water partition coefficient (Wildman–Crippen LogP) is 4.46. The van der Waals surface area contributed by atoms with Crippen LogP contribution in [-0.4, -0.2) is 61.6 Å². The number of ether oxygens (including phenoxy) is 1. The van der Waals surface area contributed by atoms with Gasteiger partial charge in [-0.05, 0) is 57.1 Å². The Labute approximate surface area is 203 Å². The molecular weight excluding hydrogens is 503 g/mol. The van der Waals surface area contributed by atoms with Crippen LogP contribution >= 0.6 is 24.0 Å². The number of nitrogens with one attached hydrogen (secondary N) is 1. The Balaban J connectivity index is 0.00000272. The predicted molar refractivity (Wildman–Crippen MR) is 135 cm³/mol. The van der Waals surface area contributed by atoms with Gasteiger partial charge in [0, 0.05) is 39.5 Å². The van der Waals surface area contributed by atoms with Crippen molar-refractivity contribution >= 4 is 29.9 Å². The van der Waals surface area contributed by atoms with E-state index in [1.807, 2.05) is 44.3 Å². The third-order valence-electron chi connectivity index (χ3n) is 6.12. The number of rotatable bonds is 6. The minimum absolute atomic E-state index is 0. The van der Waals surface area contributed by atoms with Crippen molar-refractivity contribution in [3.63, 3.8) is 0 Å². The summed E-state index contributed by atoms with van der Waals surface area (Å²) >= 11 is 0. The summed E-state index contributed by atoms with van der Waals surface area (Å²) in [6.45, 7) is 6.98. The molecule has 31 heavy (non-hydrogen) atoms. The molecule has 6 nitrogen and oxygen atoms in total. The Morgan fingerprint density at radius 3 is 2.42 bits per heavy atom. The van der Waals surface area contributed by atoms with Gasteiger partial charge in [0.2, 0.25) is 0 Å². The number of aryl methyl sites for hydroxylation is 1. The van der Waals surface area contributed by atoms with Gasteiger partial charge in [0.25, 0.3) is 0 Å². The average Bonchev–Trinajstić information content (AvgIpc) is 3.45. The highest BCUT2D eigenvalue weighted by atomic mass is 127. The molecule has 2 aliphatic heterocycles. The molecule has 0 saturated carbocycles. The van der Waals surface area contributed by atoms with Crippen molar-refractivity contribution in [2.75, 3.05) is 39.8 Å². The number of piperidine rings is 1. The van der Waals surface area contributed by atoms with Crippen molar-refractivity contribution < 1.29 is 9.15 Å². The number of likely N-dealkylation sites (tertiary alicyclic amines) is 2. The van der Waals surface area contributed by atoms with Crippen molar-refractivity contribution in [2.45, 2.75) is 44.8 Å². The maximum atomic E-state index is 6.14. The number of benzene rings is 1. The molecule has 0 aliphatic carbocycles. The number of furan rings is 1. The van der Waals surface area contributed by atoms with E-state index in [4.69, 9.17) is 9.15 Å². The zero-order valence-corrected chi connectivity index (χ0v) is 21.0. The molecule has 1 aromatic heterocycles. The molecular formula is C24H35IN4O2. The molecule has 2 aromatic rings. The summed E-state index contributed by atoms with van der Waals surface area (Å²) < 4.78 is 12.1. The van der Waals surface area contributed by atoms with Gasteiger partial charge in [-0.15, -0.1) is 24.0 Å². The molecule has 2 saturated heterocycles. The first-order valence-electron chi connectivity index (χ1n) is 11.2. The van der Waals surface area contributed by atoms with Crippen molar-refractivity contribution in [3.8, 4) is 5.75 Å². The van der Waals surface area contributed by atoms with Crippen LogP contribution in [0, 0.1) is 6.92 Å². The molecule has 1 aromatic carbocycles. The summed E-state index contributed by atoms with van der Waals surface area (Å²) in [7, 11) is 1.87. The van der Waals surface area contributed by atoms with E-state index in [9.17, 15) is 0 Å². The second kappa shape index (κ2) is 11.8. The Kier molecular flexibility index (Phi) is 9.07. The van der Waals surface area contributed by atoms with Crippen LogP contribution in [0.4, 0.5) is 0 Å². The summed E-state index contributed by atoms with van der Waals surface area (Å²) in [6.07, 6.45) is 4.80. The van der Waals surface area contributed by atoms with Crippen molar-refractivity contribution in [1.82, 2.24) is 15.1 Å². The van der Waals surface area contributed by atoms with E-state index in [0.717, 1.165) is 68.8 Å². The molecule has 0 bridgehead atoms. The van der Waals surface area contributed by atoms with Crippen LogP contribution in [0.5, 0.6) is 5.75 Å². The molecule has 1 unspecified atom stereocenters. The summed E-state index contributed by atoms with van der Waals surface area (Å²) in [5, 5.41) is 3.62. The summed E-state index contributed by atoms with van der Waals surface area (Å²) in [6, 6.07) is 14.5. The van der Waals surface area contributed by atoms with Gasteiger partial charge in [-0.25, -0.2) is 0 Å². The molecule has 7 heteroatoms. The quantitative estimate of drug-likeness (QED) is 0.335. The van der Waals surface area contributed by atoms with Crippen LogP contribution in [-0.2, 0) is 0 Å². The first kappa shape index (κ1) is 23.9. The second-order valence-electron chi connectivity index (χ2n) is 8.25. The first-order chi connectivity index (χ1) is 14.7. The minimum Gasteiger partial charge on any atom is -0.490 e. The van der Waals surface area contributed by atoms with Crippen LogP contribution in [0.1, 0.15) is 43.2 Å². The lowest BCUT2D eigenvalue weighted by molar-refractivity contribution is 0.129. The summed E-state index contributed by atoms with van der Waals surface area (Å²) in [5.41, 5.74) is 0. The molecule has 170 valence electrons. The van der Waals surface area contributed by atoms with E-state index in [0.29, 0.717) is 0 Å². The van der Waals surface area contributed by atoms with Gasteiger partial charge < -0.3 is 19.4 Å². The fourth-order valence-electron chi connectivity index (χ4n) is 4.49. The van der Waals surface area contributed by atoms with Crippen molar-refractivity contribution in [3.05, 3.63) is 54.0 Å². The van der Waals surface area contributed by atoms with Gasteiger partial charge in [-0.3, -0.25) is 9.89 Å². The zero-order valence-electron chi connectivity index (χ0n) is 18.6. The number of halogens is 1. The van der Waals surface area contributed by atoms with Gasteiger partial charge in [-0.1, -0.05) is 18.2 Å². The molecule has 0 radical (unpaired) electrons. The van der Waals surface area contributed by atoms with E-state index in [2.05, 4.69) is 32.2 Å². The Hall–Kier alpha value is -1.74. The lowest BCUT2D eigenvalue weighted by Gasteiger charge is -2.35. The van der Waals surface area contributed by atoms with E-state index >= 15 is 0 Å². The molecule has 1 atom stereocenters. The zero-order chi connectivity index (χ0) is 20.8. The van der Waals surface area contributed by atoms with E-state index in [-0.39, 0.29) is 36.1 Å². The smallest absolute Gasteiger partial charge is 0.193 e. The minimum atomic E-state index is 0. The fraction of sp³-hybridized carbons (Fsp3) is 0.542. The van der Waals surface area contributed by atoms with Crippen molar-refractivity contribution in [2.24, 2.45) is 4.99 Å². The monoisotopic (exact) mass is 538 g/mol. The van der Waals surface area contributed by atoms with Gasteiger partial charge in [-0.2, -0.15) is 0 Å². The number of aliphatic imine (C=N–C) groups is 1. The highest BCUT2D eigenvalue weighted by Gasteiger charge is 2.28. The van der Waals surface area contributed by atoms with Crippen molar-refractivity contribution in [1.29, 1.82) is 0 Å². The summed E-state index contributed by atoms with van der Waals surface area (Å²) in [5.74, 6) is 3.95. The van der Waals surface area contributed by atoms with Crippen LogP contribution in [0.3, 0.4) is 0 Å². The highest BCUT2D eigenvalue weighted by molar-refractivity contribution is 14.0. The van der Waals surface area contributed by atoms with Gasteiger partial charge in [0.15, 0.2) is 5.96 Å². The molecule has 2 fully saturated rings. The molecule has 1 N–H and O–H groups in total. The maximum Gasteiger partial charge on any atom is 0.193 e. The fourth-order valence-corrected chi connectivity index (χ4v) is 4.49. The first-order valence-corrected chi connectivity index (χ1v) is 11.2. The number of hydrogen-bond donors (Lipinski definition) is 1. The lowest BCUT2D eigenvalue weighted by Crippen LogP contribution is -2.49. The second-order valence-corrected chi connectivity index (χ2v) is 8.25. The molecule has 4 rings (SSSR count). The Morgan fingerprint density at radius 2 is 1.81 bits per heavy atom. The molecule has 0 spiro atoms. The maximum absolute atomic E-state index is 6.14. The third kappa shape index (κ3) is 6.38. The normalized spacial score (nSPS) is 19.2. The highest BCUT2D eigenvalue weighted by Crippen LogP contribution is 2.26. The topological polar surface area (TPSA) is 53.2 Å². The van der Waals surface area contributed by atoms with Crippen LogP contribution in [0.2, 0.25) is 0 Å². The lowest BCUT2D eigenvalue weighted by atomic mass is 10.1. The number of hydrogen-bond acceptors (Lipinski definition) is 4. The Morgan fingerprint density at radius 1 is 1.10 bits per heavy atom. The van der Waals surface area contributed by atoms with E-state index in [1.54, 1.807) is 0 Å². The number of para-hydroxylation sites is 1. The largest absolute Gasteiger partial charge is 0.490 e. The average molecular weight is 538 g/mol. The molecule has 2 aliphatic rings. The molecule has 0 amide bonds. The van der Waals surface area contributed by atoms with Gasteiger partial charge in [0.05, 0.1) is 6.04 Å². The van der Waals surface area contributed by atoms with Crippen LogP contribution in [0.15, 0.2) is 51.9 Å². The molecule has 3 heterocycles. The number of guanidine groups is 1. The van der Waals surface area contributed by atoms with Gasteiger partial charge in [0.1, 0.15) is 23.4 Å². The van der Waals surface area contributed by atoms with Crippen LogP contribution < -0.4 is 10.1 Å². The number of nitrogens with zero attached hydrogens (tertiary/aromatic N) is 3. The Bertz CT molecular complexity index is 812. The van der Waals surface area contributed by atoms with E-state index < -0.39 is 0 Å². The van der Waals surface area contributed by atoms with Crippen LogP contribution in [0.25, 0.3) is 0 Å². The SMILES string of the molecule is CN=C(NCC(c1ccc(C)o1)N1CCCC1)N1CCC(Oc2ccccc2)CC1.I.